The molecule has 0 atom stereocenters. The van der Waals surface area contributed by atoms with E-state index in [-0.39, 0.29) is 17.2 Å². The molecule has 1 aliphatic heterocycles. The molecule has 1 N–H and O–H groups in total. The van der Waals surface area contributed by atoms with Crippen molar-refractivity contribution in [1.29, 1.82) is 0 Å². The maximum Gasteiger partial charge on any atom is 0.335 e. The average Bonchev–Trinajstić information content (AvgIpc) is 2.64. The van der Waals surface area contributed by atoms with Crippen LogP contribution < -0.4 is 15.0 Å². The topological polar surface area (TPSA) is 75.7 Å². The van der Waals surface area contributed by atoms with E-state index in [1.165, 1.54) is 12.1 Å². The molecular weight excluding hydrogens is 540 g/mol. The summed E-state index contributed by atoms with van der Waals surface area (Å²) in [7, 11) is 0. The predicted octanol–water partition coefficient (Wildman–Crippen LogP) is 5.57. The van der Waals surface area contributed by atoms with E-state index in [4.69, 9.17) is 16.3 Å². The summed E-state index contributed by atoms with van der Waals surface area (Å²) in [5, 5.41) is 2.56. The molecule has 0 aromatic heterocycles. The summed E-state index contributed by atoms with van der Waals surface area (Å²) in [4.78, 5) is 38.8. The molecule has 2 aromatic carbocycles. The number of urea groups is 1. The molecule has 0 saturated carbocycles. The summed E-state index contributed by atoms with van der Waals surface area (Å²) in [6.07, 6.45) is 1.41. The highest BCUT2D eigenvalue weighted by Gasteiger charge is 2.37. The van der Waals surface area contributed by atoms with Crippen LogP contribution in [0.1, 0.15) is 19.4 Å². The van der Waals surface area contributed by atoms with Gasteiger partial charge in [-0.1, -0.05) is 47.4 Å². The SMILES string of the molecule is CC(C)COc1c(Br)cc(Br)cc1/C=C1\C(=O)NC(=O)N(c2cccc(Cl)c2)C1=O. The zero-order chi connectivity index (χ0) is 22.0. The molecule has 1 fully saturated rings. The molecule has 0 unspecified atom stereocenters. The molecule has 156 valence electrons. The van der Waals surface area contributed by atoms with Gasteiger partial charge in [0.2, 0.25) is 0 Å². The maximum absolute atomic E-state index is 13.1. The number of carbonyl (C=O) groups excluding carboxylic acids is 3. The fourth-order valence-corrected chi connectivity index (χ4v) is 4.31. The lowest BCUT2D eigenvalue weighted by Crippen LogP contribution is -2.54. The summed E-state index contributed by atoms with van der Waals surface area (Å²) in [6, 6.07) is 8.97. The van der Waals surface area contributed by atoms with Gasteiger partial charge < -0.3 is 4.74 Å². The van der Waals surface area contributed by atoms with E-state index in [0.29, 0.717) is 27.4 Å². The zero-order valence-electron chi connectivity index (χ0n) is 16.0. The highest BCUT2D eigenvalue weighted by atomic mass is 79.9. The normalized spacial score (nSPS) is 15.7. The first-order chi connectivity index (χ1) is 14.2. The summed E-state index contributed by atoms with van der Waals surface area (Å²) >= 11 is 12.9. The number of nitrogens with one attached hydrogen (secondary N) is 1. The lowest BCUT2D eigenvalue weighted by atomic mass is 10.1. The van der Waals surface area contributed by atoms with E-state index < -0.39 is 17.8 Å². The molecule has 0 aliphatic carbocycles. The number of hydrogen-bond acceptors (Lipinski definition) is 4. The minimum absolute atomic E-state index is 0.200. The van der Waals surface area contributed by atoms with E-state index in [1.54, 1.807) is 24.3 Å². The van der Waals surface area contributed by atoms with E-state index in [0.717, 1.165) is 9.37 Å². The molecule has 0 bridgehead atoms. The summed E-state index contributed by atoms with van der Waals surface area (Å²) in [5.74, 6) is -0.770. The molecule has 0 spiro atoms. The third-order valence-corrected chi connectivity index (χ3v) is 5.35. The number of halogens is 3. The van der Waals surface area contributed by atoms with Crippen molar-refractivity contribution < 1.29 is 19.1 Å². The molecule has 3 rings (SSSR count). The number of amides is 4. The summed E-state index contributed by atoms with van der Waals surface area (Å²) < 4.78 is 7.28. The fraction of sp³-hybridized carbons (Fsp3) is 0.190. The highest BCUT2D eigenvalue weighted by molar-refractivity contribution is 9.11. The number of rotatable bonds is 5. The Kier molecular flexibility index (Phi) is 7.00. The second kappa shape index (κ2) is 9.32. The van der Waals surface area contributed by atoms with Crippen LogP contribution in [0.3, 0.4) is 0 Å². The van der Waals surface area contributed by atoms with Gasteiger partial charge in [0.1, 0.15) is 11.3 Å². The van der Waals surface area contributed by atoms with Crippen molar-refractivity contribution in [3.8, 4) is 5.75 Å². The van der Waals surface area contributed by atoms with Crippen LogP contribution in [0.2, 0.25) is 5.02 Å². The van der Waals surface area contributed by atoms with Crippen LogP contribution in [-0.2, 0) is 9.59 Å². The molecule has 1 aliphatic rings. The third kappa shape index (κ3) is 4.94. The fourth-order valence-electron chi connectivity index (χ4n) is 2.75. The Hall–Kier alpha value is -2.16. The van der Waals surface area contributed by atoms with Gasteiger partial charge >= 0.3 is 6.03 Å². The van der Waals surface area contributed by atoms with Gasteiger partial charge in [-0.25, -0.2) is 9.69 Å². The molecule has 0 radical (unpaired) electrons. The van der Waals surface area contributed by atoms with Crippen LogP contribution in [0.25, 0.3) is 6.08 Å². The molecule has 30 heavy (non-hydrogen) atoms. The standard InChI is InChI=1S/C21H17Br2ClN2O4/c1-11(2)10-30-18-12(6-13(22)8-17(18)23)7-16-19(27)25-21(29)26(20(16)28)15-5-3-4-14(24)9-15/h3-9,11H,10H2,1-2H3,(H,25,27,29)/b16-7+. The Morgan fingerprint density at radius 2 is 1.90 bits per heavy atom. The number of imide groups is 2. The van der Waals surface area contributed by atoms with Gasteiger partial charge in [0.15, 0.2) is 0 Å². The number of anilines is 1. The van der Waals surface area contributed by atoms with Crippen LogP contribution in [0.4, 0.5) is 10.5 Å². The Bertz CT molecular complexity index is 1070. The van der Waals surface area contributed by atoms with E-state index >= 15 is 0 Å². The molecule has 1 heterocycles. The largest absolute Gasteiger partial charge is 0.492 e. The minimum atomic E-state index is -0.837. The van der Waals surface area contributed by atoms with Gasteiger partial charge in [-0.3, -0.25) is 14.9 Å². The number of benzene rings is 2. The van der Waals surface area contributed by atoms with E-state index in [2.05, 4.69) is 37.2 Å². The number of barbiturate groups is 1. The predicted molar refractivity (Wildman–Crippen MR) is 123 cm³/mol. The maximum atomic E-state index is 13.1. The number of carbonyl (C=O) groups is 3. The quantitative estimate of drug-likeness (QED) is 0.386. The molecule has 6 nitrogen and oxygen atoms in total. The van der Waals surface area contributed by atoms with Crippen LogP contribution >= 0.6 is 43.5 Å². The monoisotopic (exact) mass is 554 g/mol. The Balaban J connectivity index is 2.06. The molecule has 1 saturated heterocycles. The van der Waals surface area contributed by atoms with Crippen molar-refractivity contribution in [2.24, 2.45) is 5.92 Å². The smallest absolute Gasteiger partial charge is 0.335 e. The molecular formula is C21H17Br2ClN2O4. The van der Waals surface area contributed by atoms with Gasteiger partial charge in [0.25, 0.3) is 11.8 Å². The molecule has 9 heteroatoms. The molecule has 4 amide bonds. The van der Waals surface area contributed by atoms with Crippen LogP contribution in [0, 0.1) is 5.92 Å². The van der Waals surface area contributed by atoms with E-state index in [1.807, 2.05) is 19.9 Å². The average molecular weight is 557 g/mol. The summed E-state index contributed by atoms with van der Waals surface area (Å²) in [5.41, 5.74) is 0.569. The van der Waals surface area contributed by atoms with E-state index in [9.17, 15) is 14.4 Å². The van der Waals surface area contributed by atoms with Crippen molar-refractivity contribution in [1.82, 2.24) is 5.32 Å². The van der Waals surface area contributed by atoms with Crippen molar-refractivity contribution >= 4 is 73.1 Å². The van der Waals surface area contributed by atoms with Crippen LogP contribution in [-0.4, -0.2) is 24.5 Å². The second-order valence-corrected chi connectivity index (χ2v) is 9.15. The zero-order valence-corrected chi connectivity index (χ0v) is 20.0. The van der Waals surface area contributed by atoms with Gasteiger partial charge in [-0.05, 0) is 58.3 Å². The van der Waals surface area contributed by atoms with Crippen molar-refractivity contribution in [3.05, 3.63) is 61.5 Å². The van der Waals surface area contributed by atoms with Gasteiger partial charge in [0.05, 0.1) is 16.8 Å². The lowest BCUT2D eigenvalue weighted by molar-refractivity contribution is -0.122. The highest BCUT2D eigenvalue weighted by Crippen LogP contribution is 2.35. The number of hydrogen-bond donors (Lipinski definition) is 1. The van der Waals surface area contributed by atoms with Crippen molar-refractivity contribution in [3.63, 3.8) is 0 Å². The van der Waals surface area contributed by atoms with Gasteiger partial charge in [-0.15, -0.1) is 0 Å². The number of ether oxygens (including phenoxy) is 1. The Morgan fingerprint density at radius 3 is 2.57 bits per heavy atom. The third-order valence-electron chi connectivity index (χ3n) is 4.07. The Labute approximate surface area is 195 Å². The van der Waals surface area contributed by atoms with Crippen molar-refractivity contribution in [2.75, 3.05) is 11.5 Å². The molecule has 2 aromatic rings. The first-order valence-corrected chi connectivity index (χ1v) is 10.9. The van der Waals surface area contributed by atoms with Gasteiger partial charge in [-0.2, -0.15) is 0 Å². The second-order valence-electron chi connectivity index (χ2n) is 6.95. The Morgan fingerprint density at radius 1 is 1.17 bits per heavy atom. The summed E-state index contributed by atoms with van der Waals surface area (Å²) in [6.45, 7) is 4.47. The first-order valence-electron chi connectivity index (χ1n) is 8.96. The van der Waals surface area contributed by atoms with Crippen LogP contribution in [0.15, 0.2) is 50.9 Å². The minimum Gasteiger partial charge on any atom is -0.492 e. The lowest BCUT2D eigenvalue weighted by Gasteiger charge is -2.26. The number of nitrogens with zero attached hydrogens (tertiary/aromatic N) is 1. The van der Waals surface area contributed by atoms with Crippen LogP contribution in [0.5, 0.6) is 5.75 Å². The van der Waals surface area contributed by atoms with Gasteiger partial charge in [0, 0.05) is 15.1 Å². The first kappa shape index (κ1) is 22.5. The van der Waals surface area contributed by atoms with Crippen molar-refractivity contribution in [2.45, 2.75) is 13.8 Å².